The first-order valence-electron chi connectivity index (χ1n) is 4.71. The van der Waals surface area contributed by atoms with Crippen molar-refractivity contribution in [2.24, 2.45) is 0 Å². The van der Waals surface area contributed by atoms with Gasteiger partial charge in [-0.15, -0.1) is 11.8 Å². The van der Waals surface area contributed by atoms with Crippen LogP contribution >= 0.6 is 11.8 Å². The minimum Gasteiger partial charge on any atom is -0.481 e. The van der Waals surface area contributed by atoms with Crippen LogP contribution in [0.4, 0.5) is 0 Å². The minimum atomic E-state index is -1.12. The summed E-state index contributed by atoms with van der Waals surface area (Å²) < 4.78 is 0. The maximum Gasteiger partial charge on any atom is 0.317 e. The summed E-state index contributed by atoms with van der Waals surface area (Å²) in [6, 6.07) is 0. The van der Waals surface area contributed by atoms with Crippen molar-refractivity contribution in [1.29, 1.82) is 0 Å². The first kappa shape index (κ1) is 14.2. The lowest BCUT2D eigenvalue weighted by molar-refractivity contribution is -0.142. The van der Waals surface area contributed by atoms with E-state index in [1.807, 2.05) is 6.92 Å². The van der Waals surface area contributed by atoms with Crippen LogP contribution in [0.1, 0.15) is 26.2 Å². The smallest absolute Gasteiger partial charge is 0.317 e. The summed E-state index contributed by atoms with van der Waals surface area (Å²) >= 11 is 1.06. The van der Waals surface area contributed by atoms with Crippen molar-refractivity contribution in [3.63, 3.8) is 0 Å². The van der Waals surface area contributed by atoms with Gasteiger partial charge in [-0.25, -0.2) is 0 Å². The lowest BCUT2D eigenvalue weighted by Crippen LogP contribution is -2.21. The molecule has 0 spiro atoms. The molecule has 0 aliphatic carbocycles. The summed E-state index contributed by atoms with van der Waals surface area (Å²) in [5, 5.41) is 25.4. The maximum absolute atomic E-state index is 10.6. The van der Waals surface area contributed by atoms with Gasteiger partial charge in [0.05, 0.1) is 12.5 Å². The fourth-order valence-electron chi connectivity index (χ4n) is 0.927. The number of aliphatic carboxylic acids is 2. The van der Waals surface area contributed by atoms with E-state index < -0.39 is 23.3 Å². The number of thioether (sulfide) groups is 1. The lowest BCUT2D eigenvalue weighted by Gasteiger charge is -2.11. The summed E-state index contributed by atoms with van der Waals surface area (Å²) in [5.41, 5.74) is 0. The Kier molecular flexibility index (Phi) is 7.15. The molecule has 2 atom stereocenters. The van der Waals surface area contributed by atoms with Crippen LogP contribution in [0.25, 0.3) is 0 Å². The molecule has 0 saturated carbocycles. The molecule has 0 saturated heterocycles. The van der Waals surface area contributed by atoms with Crippen molar-refractivity contribution in [1.82, 2.24) is 0 Å². The molecular formula is C9H16O5S. The average Bonchev–Trinajstić information content (AvgIpc) is 2.15. The Labute approximate surface area is 92.5 Å². The Bertz CT molecular complexity index is 219. The zero-order chi connectivity index (χ0) is 11.8. The van der Waals surface area contributed by atoms with Crippen molar-refractivity contribution in [2.75, 3.05) is 5.75 Å². The monoisotopic (exact) mass is 236 g/mol. The third-order valence-corrected chi connectivity index (χ3v) is 3.12. The normalized spacial score (nSPS) is 14.5. The second-order valence-corrected chi connectivity index (χ2v) is 4.46. The molecule has 0 aromatic heterocycles. The summed E-state index contributed by atoms with van der Waals surface area (Å²) in [7, 11) is 0. The maximum atomic E-state index is 10.6. The highest BCUT2D eigenvalue weighted by Gasteiger charge is 2.21. The second-order valence-electron chi connectivity index (χ2n) is 3.15. The molecule has 0 radical (unpaired) electrons. The Morgan fingerprint density at radius 2 is 1.93 bits per heavy atom. The molecule has 0 bridgehead atoms. The van der Waals surface area contributed by atoms with Gasteiger partial charge in [-0.3, -0.25) is 9.59 Å². The van der Waals surface area contributed by atoms with Crippen molar-refractivity contribution >= 4 is 23.7 Å². The molecule has 0 heterocycles. The second kappa shape index (κ2) is 7.53. The molecule has 0 fully saturated rings. The number of aliphatic hydroxyl groups is 1. The molecular weight excluding hydrogens is 220 g/mol. The van der Waals surface area contributed by atoms with Crippen LogP contribution in [0.15, 0.2) is 0 Å². The number of carbonyl (C=O) groups is 2. The van der Waals surface area contributed by atoms with E-state index in [0.717, 1.165) is 11.8 Å². The first-order valence-corrected chi connectivity index (χ1v) is 5.76. The van der Waals surface area contributed by atoms with Crippen LogP contribution < -0.4 is 0 Å². The number of rotatable bonds is 8. The van der Waals surface area contributed by atoms with Crippen LogP contribution in [0.5, 0.6) is 0 Å². The van der Waals surface area contributed by atoms with Gasteiger partial charge >= 0.3 is 11.9 Å². The molecule has 0 aromatic carbocycles. The fraction of sp³-hybridized carbons (Fsp3) is 0.778. The standard InChI is InChI=1S/C9H16O5S/c1-2-6(10)3-4-15-7(9(13)14)5-8(11)12/h6-7,10H,2-5H2,1H3,(H,11,12)(H,13,14). The first-order chi connectivity index (χ1) is 6.97. The highest BCUT2D eigenvalue weighted by atomic mass is 32.2. The number of carboxylic acid groups (broad SMARTS) is 2. The van der Waals surface area contributed by atoms with Crippen molar-refractivity contribution in [3.05, 3.63) is 0 Å². The number of hydrogen-bond acceptors (Lipinski definition) is 4. The van der Waals surface area contributed by atoms with Gasteiger partial charge in [0, 0.05) is 0 Å². The highest BCUT2D eigenvalue weighted by molar-refractivity contribution is 8.00. The van der Waals surface area contributed by atoms with E-state index in [-0.39, 0.29) is 6.42 Å². The third kappa shape index (κ3) is 7.21. The zero-order valence-corrected chi connectivity index (χ0v) is 9.37. The summed E-state index contributed by atoms with van der Waals surface area (Å²) in [6.45, 7) is 1.83. The van der Waals surface area contributed by atoms with E-state index >= 15 is 0 Å². The van der Waals surface area contributed by atoms with Gasteiger partial charge < -0.3 is 15.3 Å². The van der Waals surface area contributed by atoms with E-state index in [1.54, 1.807) is 0 Å². The molecule has 5 nitrogen and oxygen atoms in total. The number of aliphatic hydroxyl groups excluding tert-OH is 1. The predicted molar refractivity (Wildman–Crippen MR) is 57.0 cm³/mol. The van der Waals surface area contributed by atoms with Gasteiger partial charge in [0.15, 0.2) is 0 Å². The van der Waals surface area contributed by atoms with E-state index in [1.165, 1.54) is 0 Å². The van der Waals surface area contributed by atoms with E-state index in [0.29, 0.717) is 18.6 Å². The SMILES string of the molecule is CCC(O)CCSC(CC(=O)O)C(=O)O. The van der Waals surface area contributed by atoms with Gasteiger partial charge in [-0.05, 0) is 18.6 Å². The van der Waals surface area contributed by atoms with Crippen molar-refractivity contribution < 1.29 is 24.9 Å². The molecule has 6 heteroatoms. The van der Waals surface area contributed by atoms with Gasteiger partial charge in [0.2, 0.25) is 0 Å². The Hall–Kier alpha value is -0.750. The molecule has 88 valence electrons. The Morgan fingerprint density at radius 3 is 2.33 bits per heavy atom. The van der Waals surface area contributed by atoms with Crippen LogP contribution in [0.3, 0.4) is 0 Å². The third-order valence-electron chi connectivity index (χ3n) is 1.88. The van der Waals surface area contributed by atoms with Crippen LogP contribution in [0, 0.1) is 0 Å². The van der Waals surface area contributed by atoms with Crippen molar-refractivity contribution in [2.45, 2.75) is 37.5 Å². The van der Waals surface area contributed by atoms with Crippen molar-refractivity contribution in [3.8, 4) is 0 Å². The van der Waals surface area contributed by atoms with E-state index in [9.17, 15) is 14.7 Å². The lowest BCUT2D eigenvalue weighted by atomic mass is 10.2. The fourth-order valence-corrected chi connectivity index (χ4v) is 2.02. The van der Waals surface area contributed by atoms with Crippen LogP contribution in [0.2, 0.25) is 0 Å². The highest BCUT2D eigenvalue weighted by Crippen LogP contribution is 2.17. The Morgan fingerprint density at radius 1 is 1.33 bits per heavy atom. The molecule has 15 heavy (non-hydrogen) atoms. The zero-order valence-electron chi connectivity index (χ0n) is 8.55. The minimum absolute atomic E-state index is 0.387. The van der Waals surface area contributed by atoms with Gasteiger partial charge in [0.1, 0.15) is 5.25 Å². The summed E-state index contributed by atoms with van der Waals surface area (Å²) in [4.78, 5) is 21.0. The predicted octanol–water partition coefficient (Wildman–Crippen LogP) is 0.809. The van der Waals surface area contributed by atoms with Gasteiger partial charge in [-0.1, -0.05) is 6.92 Å². The van der Waals surface area contributed by atoms with Crippen LogP contribution in [-0.4, -0.2) is 44.4 Å². The summed E-state index contributed by atoms with van der Waals surface area (Å²) in [5.74, 6) is -1.78. The molecule has 0 aliphatic rings. The van der Waals surface area contributed by atoms with E-state index in [2.05, 4.69) is 0 Å². The van der Waals surface area contributed by atoms with Crippen LogP contribution in [-0.2, 0) is 9.59 Å². The quantitative estimate of drug-likeness (QED) is 0.577. The molecule has 2 unspecified atom stereocenters. The largest absolute Gasteiger partial charge is 0.481 e. The molecule has 0 rings (SSSR count). The molecule has 0 aliphatic heterocycles. The topological polar surface area (TPSA) is 94.8 Å². The Balaban J connectivity index is 3.86. The summed E-state index contributed by atoms with van der Waals surface area (Å²) in [6.07, 6.45) is 0.293. The van der Waals surface area contributed by atoms with Gasteiger partial charge in [0.25, 0.3) is 0 Å². The van der Waals surface area contributed by atoms with Gasteiger partial charge in [-0.2, -0.15) is 0 Å². The molecule has 0 amide bonds. The number of carboxylic acids is 2. The average molecular weight is 236 g/mol. The molecule has 3 N–H and O–H groups in total. The van der Waals surface area contributed by atoms with E-state index in [4.69, 9.17) is 10.2 Å². The number of hydrogen-bond donors (Lipinski definition) is 3. The molecule has 0 aromatic rings.